The number of phenolic OH excluding ortho intramolecular Hbond substituents is 1. The Morgan fingerprint density at radius 2 is 1.69 bits per heavy atom. The Hall–Kier alpha value is -1.50. The van der Waals surface area contributed by atoms with Crippen LogP contribution in [0.15, 0.2) is 24.3 Å². The molecule has 0 saturated carbocycles. The van der Waals surface area contributed by atoms with Crippen LogP contribution in [0.1, 0.15) is 36.5 Å². The van der Waals surface area contributed by atoms with Crippen LogP contribution >= 0.6 is 0 Å². The van der Waals surface area contributed by atoms with Crippen LogP contribution in [0.3, 0.4) is 0 Å². The van der Waals surface area contributed by atoms with E-state index in [1.807, 2.05) is 13.0 Å². The molecule has 2 rings (SSSR count). The summed E-state index contributed by atoms with van der Waals surface area (Å²) in [4.78, 5) is 0. The minimum atomic E-state index is 0.338. The summed E-state index contributed by atoms with van der Waals surface area (Å²) in [5, 5.41) is 12.5. The fourth-order valence-corrected chi connectivity index (χ4v) is 2.33. The van der Waals surface area contributed by atoms with E-state index in [0.29, 0.717) is 11.7 Å². The molecule has 0 aliphatic carbocycles. The van der Waals surface area contributed by atoms with Gasteiger partial charge in [0, 0.05) is 5.56 Å². The van der Waals surface area contributed by atoms with Gasteiger partial charge < -0.3 is 5.11 Å². The number of fused-ring (bicyclic) bond motifs is 1. The standard InChI is InChI=1S/C15H18O/c1-9(2)15-13-7-10(3)5-6-12(13)11(4)8-14(15)16/h5-9,16H,1-4H3. The molecular formula is C15H18O. The van der Waals surface area contributed by atoms with Crippen LogP contribution in [-0.2, 0) is 0 Å². The van der Waals surface area contributed by atoms with Gasteiger partial charge in [-0.1, -0.05) is 37.6 Å². The lowest BCUT2D eigenvalue weighted by Gasteiger charge is -2.15. The van der Waals surface area contributed by atoms with Crippen molar-refractivity contribution in [3.63, 3.8) is 0 Å². The van der Waals surface area contributed by atoms with Crippen molar-refractivity contribution in [3.05, 3.63) is 41.0 Å². The Morgan fingerprint density at radius 1 is 1.00 bits per heavy atom. The molecule has 0 spiro atoms. The molecule has 2 aromatic carbocycles. The maximum atomic E-state index is 10.1. The molecule has 16 heavy (non-hydrogen) atoms. The number of benzene rings is 2. The van der Waals surface area contributed by atoms with E-state index in [0.717, 1.165) is 11.1 Å². The smallest absolute Gasteiger partial charge is 0.119 e. The van der Waals surface area contributed by atoms with Crippen molar-refractivity contribution in [2.45, 2.75) is 33.6 Å². The van der Waals surface area contributed by atoms with Crippen molar-refractivity contribution in [2.75, 3.05) is 0 Å². The number of aromatic hydroxyl groups is 1. The molecule has 0 bridgehead atoms. The van der Waals surface area contributed by atoms with Gasteiger partial charge in [0.15, 0.2) is 0 Å². The first-order valence-electron chi connectivity index (χ1n) is 5.73. The van der Waals surface area contributed by atoms with Crippen molar-refractivity contribution >= 4 is 10.8 Å². The van der Waals surface area contributed by atoms with E-state index < -0.39 is 0 Å². The Balaban J connectivity index is 2.92. The summed E-state index contributed by atoms with van der Waals surface area (Å²) in [6, 6.07) is 8.30. The first kappa shape index (κ1) is 11.0. The van der Waals surface area contributed by atoms with E-state index in [-0.39, 0.29) is 0 Å². The molecule has 2 aromatic rings. The molecule has 0 saturated heterocycles. The van der Waals surface area contributed by atoms with Gasteiger partial charge in [-0.05, 0) is 42.2 Å². The summed E-state index contributed by atoms with van der Waals surface area (Å²) >= 11 is 0. The zero-order valence-electron chi connectivity index (χ0n) is 10.3. The lowest BCUT2D eigenvalue weighted by molar-refractivity contribution is 0.466. The molecule has 84 valence electrons. The van der Waals surface area contributed by atoms with Crippen molar-refractivity contribution in [1.29, 1.82) is 0 Å². The van der Waals surface area contributed by atoms with Crippen molar-refractivity contribution in [2.24, 2.45) is 0 Å². The molecule has 0 atom stereocenters. The third-order valence-electron chi connectivity index (χ3n) is 3.10. The van der Waals surface area contributed by atoms with Crippen LogP contribution < -0.4 is 0 Å². The number of aryl methyl sites for hydroxylation is 2. The van der Waals surface area contributed by atoms with E-state index in [9.17, 15) is 5.11 Å². The zero-order chi connectivity index (χ0) is 11.9. The second-order valence-electron chi connectivity index (χ2n) is 4.83. The Labute approximate surface area is 96.7 Å². The summed E-state index contributed by atoms with van der Waals surface area (Å²) < 4.78 is 0. The monoisotopic (exact) mass is 214 g/mol. The van der Waals surface area contributed by atoms with Crippen molar-refractivity contribution in [1.82, 2.24) is 0 Å². The van der Waals surface area contributed by atoms with E-state index >= 15 is 0 Å². The summed E-state index contributed by atoms with van der Waals surface area (Å²) in [7, 11) is 0. The second-order valence-corrected chi connectivity index (χ2v) is 4.83. The van der Waals surface area contributed by atoms with Crippen LogP contribution in [-0.4, -0.2) is 5.11 Å². The highest BCUT2D eigenvalue weighted by atomic mass is 16.3. The van der Waals surface area contributed by atoms with Gasteiger partial charge in [0.05, 0.1) is 0 Å². The van der Waals surface area contributed by atoms with Crippen LogP contribution in [0.4, 0.5) is 0 Å². The molecule has 0 aromatic heterocycles. The quantitative estimate of drug-likeness (QED) is 0.751. The Morgan fingerprint density at radius 3 is 2.31 bits per heavy atom. The van der Waals surface area contributed by atoms with Crippen LogP contribution in [0.2, 0.25) is 0 Å². The SMILES string of the molecule is Cc1ccc2c(C)cc(O)c(C(C)C)c2c1. The largest absolute Gasteiger partial charge is 0.508 e. The van der Waals surface area contributed by atoms with Crippen LogP contribution in [0.25, 0.3) is 10.8 Å². The highest BCUT2D eigenvalue weighted by molar-refractivity contribution is 5.91. The molecular weight excluding hydrogens is 196 g/mol. The number of hydrogen-bond donors (Lipinski definition) is 1. The minimum Gasteiger partial charge on any atom is -0.508 e. The molecule has 0 aliphatic heterocycles. The van der Waals surface area contributed by atoms with Gasteiger partial charge in [0.1, 0.15) is 5.75 Å². The molecule has 0 unspecified atom stereocenters. The summed E-state index contributed by atoms with van der Waals surface area (Å²) in [6.45, 7) is 8.36. The van der Waals surface area contributed by atoms with Gasteiger partial charge in [0.25, 0.3) is 0 Å². The zero-order valence-corrected chi connectivity index (χ0v) is 10.3. The Bertz CT molecular complexity index is 539. The summed E-state index contributed by atoms with van der Waals surface area (Å²) in [5.41, 5.74) is 3.43. The molecule has 1 heteroatoms. The number of phenols is 1. The third-order valence-corrected chi connectivity index (χ3v) is 3.10. The van der Waals surface area contributed by atoms with E-state index in [2.05, 4.69) is 39.0 Å². The molecule has 1 nitrogen and oxygen atoms in total. The van der Waals surface area contributed by atoms with Crippen LogP contribution in [0.5, 0.6) is 5.75 Å². The fraction of sp³-hybridized carbons (Fsp3) is 0.333. The van der Waals surface area contributed by atoms with E-state index in [1.165, 1.54) is 16.3 Å². The first-order chi connectivity index (χ1) is 7.50. The van der Waals surface area contributed by atoms with Gasteiger partial charge in [-0.2, -0.15) is 0 Å². The molecule has 0 amide bonds. The molecule has 0 heterocycles. The van der Waals surface area contributed by atoms with Crippen LogP contribution in [0, 0.1) is 13.8 Å². The first-order valence-corrected chi connectivity index (χ1v) is 5.73. The summed E-state index contributed by atoms with van der Waals surface area (Å²) in [6.07, 6.45) is 0. The van der Waals surface area contributed by atoms with Gasteiger partial charge in [0.2, 0.25) is 0 Å². The predicted molar refractivity (Wildman–Crippen MR) is 69.2 cm³/mol. The van der Waals surface area contributed by atoms with Gasteiger partial charge in [-0.3, -0.25) is 0 Å². The molecule has 1 N–H and O–H groups in total. The predicted octanol–water partition coefficient (Wildman–Crippen LogP) is 4.29. The van der Waals surface area contributed by atoms with Crippen molar-refractivity contribution < 1.29 is 5.11 Å². The molecule has 0 fully saturated rings. The summed E-state index contributed by atoms with van der Waals surface area (Å²) in [5.74, 6) is 0.760. The lowest BCUT2D eigenvalue weighted by Crippen LogP contribution is -1.93. The van der Waals surface area contributed by atoms with Gasteiger partial charge >= 0.3 is 0 Å². The highest BCUT2D eigenvalue weighted by Crippen LogP contribution is 2.35. The molecule has 0 radical (unpaired) electrons. The normalized spacial score (nSPS) is 11.3. The van der Waals surface area contributed by atoms with Gasteiger partial charge in [-0.15, -0.1) is 0 Å². The topological polar surface area (TPSA) is 20.2 Å². The number of rotatable bonds is 1. The Kier molecular flexibility index (Phi) is 2.63. The maximum absolute atomic E-state index is 10.1. The molecule has 0 aliphatic rings. The highest BCUT2D eigenvalue weighted by Gasteiger charge is 2.12. The second kappa shape index (κ2) is 3.82. The van der Waals surface area contributed by atoms with E-state index in [1.54, 1.807) is 0 Å². The number of hydrogen-bond acceptors (Lipinski definition) is 1. The van der Waals surface area contributed by atoms with E-state index in [4.69, 9.17) is 0 Å². The van der Waals surface area contributed by atoms with Gasteiger partial charge in [-0.25, -0.2) is 0 Å². The average Bonchev–Trinajstić information content (AvgIpc) is 2.15. The third kappa shape index (κ3) is 1.67. The minimum absolute atomic E-state index is 0.338. The fourth-order valence-electron chi connectivity index (χ4n) is 2.33. The lowest BCUT2D eigenvalue weighted by atomic mass is 9.91. The van der Waals surface area contributed by atoms with Crippen molar-refractivity contribution in [3.8, 4) is 5.75 Å². The maximum Gasteiger partial charge on any atom is 0.119 e. The average molecular weight is 214 g/mol.